The summed E-state index contributed by atoms with van der Waals surface area (Å²) in [4.78, 5) is 2.33. The van der Waals surface area contributed by atoms with Gasteiger partial charge in [0.05, 0.1) is 47.1 Å². The summed E-state index contributed by atoms with van der Waals surface area (Å²) in [5, 5.41) is 8.39. The van der Waals surface area contributed by atoms with E-state index in [1.54, 1.807) is 19.2 Å². The van der Waals surface area contributed by atoms with Crippen LogP contribution in [0.5, 0.6) is 5.75 Å². The van der Waals surface area contributed by atoms with Gasteiger partial charge < -0.3 is 20.3 Å². The van der Waals surface area contributed by atoms with Crippen LogP contribution in [0.1, 0.15) is 29.7 Å². The van der Waals surface area contributed by atoms with Gasteiger partial charge in [0.25, 0.3) is 0 Å². The van der Waals surface area contributed by atoms with Crippen molar-refractivity contribution in [2.24, 2.45) is 0 Å². The van der Waals surface area contributed by atoms with E-state index in [9.17, 15) is 17.6 Å². The first-order chi connectivity index (χ1) is 19.2. The smallest absolute Gasteiger partial charge is 0.393 e. The van der Waals surface area contributed by atoms with Gasteiger partial charge in [-0.05, 0) is 73.1 Å². The molecule has 214 valence electrons. The Balaban J connectivity index is 1.37. The van der Waals surface area contributed by atoms with E-state index in [-0.39, 0.29) is 26.1 Å². The van der Waals surface area contributed by atoms with Gasteiger partial charge in [-0.3, -0.25) is 0 Å². The van der Waals surface area contributed by atoms with Crippen molar-refractivity contribution in [3.63, 3.8) is 0 Å². The van der Waals surface area contributed by atoms with E-state index < -0.39 is 18.8 Å². The van der Waals surface area contributed by atoms with Gasteiger partial charge in [0.15, 0.2) is 0 Å². The summed E-state index contributed by atoms with van der Waals surface area (Å²) >= 11 is 1.23. The van der Waals surface area contributed by atoms with Crippen molar-refractivity contribution in [2.45, 2.75) is 44.1 Å². The number of halogens is 4. The molecule has 40 heavy (non-hydrogen) atoms. The highest BCUT2D eigenvalue weighted by atomic mass is 32.1. The van der Waals surface area contributed by atoms with E-state index in [0.29, 0.717) is 33.6 Å². The molecule has 0 spiro atoms. The van der Waals surface area contributed by atoms with Crippen LogP contribution < -0.4 is 20.7 Å². The fourth-order valence-electron chi connectivity index (χ4n) is 5.44. The Morgan fingerprint density at radius 3 is 2.67 bits per heavy atom. The standard InChI is InChI=1S/C30H34F4N3OPS/c1-37-14-12-24(23(31)19-37)36-26-8-5-7-21-22(18-30(32,33)34)28(40-29(21)26)9-6-13-35-25-11-10-20(17-27(25)38-2)39-15-3-4-16-39/h5,7-8,10-11,17,23-24,35-36H,3-4,12-16,18-19H2,1-2H3/t23-,24+/m0/s1. The normalized spacial score (nSPS) is 20.4. The van der Waals surface area contributed by atoms with Crippen LogP contribution >= 0.6 is 19.3 Å². The summed E-state index contributed by atoms with van der Waals surface area (Å²) in [7, 11) is 3.41. The zero-order valence-corrected chi connectivity index (χ0v) is 24.4. The molecule has 0 bridgehead atoms. The molecule has 0 amide bonds. The number of thiophene rings is 1. The molecule has 1 aromatic heterocycles. The van der Waals surface area contributed by atoms with Crippen molar-refractivity contribution in [1.29, 1.82) is 0 Å². The Morgan fingerprint density at radius 1 is 1.15 bits per heavy atom. The third-order valence-corrected chi connectivity index (χ3v) is 11.4. The largest absolute Gasteiger partial charge is 0.495 e. The number of anilines is 2. The summed E-state index contributed by atoms with van der Waals surface area (Å²) in [5.41, 5.74) is 1.64. The molecule has 3 aromatic rings. The maximum Gasteiger partial charge on any atom is 0.393 e. The predicted octanol–water partition coefficient (Wildman–Crippen LogP) is 6.83. The number of piperidine rings is 1. The summed E-state index contributed by atoms with van der Waals surface area (Å²) in [6.45, 7) is 1.35. The minimum absolute atomic E-state index is 0.114. The highest BCUT2D eigenvalue weighted by molar-refractivity contribution is 7.65. The zero-order chi connectivity index (χ0) is 28.3. The second-order valence-electron chi connectivity index (χ2n) is 10.4. The van der Waals surface area contributed by atoms with Gasteiger partial charge in [0.2, 0.25) is 0 Å². The molecular weight excluding hydrogens is 557 g/mol. The number of hydrogen-bond acceptors (Lipinski definition) is 5. The number of fused-ring (bicyclic) bond motifs is 1. The Labute approximate surface area is 238 Å². The van der Waals surface area contributed by atoms with E-state index in [4.69, 9.17) is 4.74 Å². The third-order valence-electron chi connectivity index (χ3n) is 7.51. The molecule has 2 aromatic carbocycles. The molecule has 4 nitrogen and oxygen atoms in total. The van der Waals surface area contributed by atoms with Gasteiger partial charge in [-0.25, -0.2) is 4.39 Å². The second kappa shape index (κ2) is 12.5. The van der Waals surface area contributed by atoms with Gasteiger partial charge in [-0.2, -0.15) is 13.2 Å². The van der Waals surface area contributed by atoms with Gasteiger partial charge >= 0.3 is 6.18 Å². The highest BCUT2D eigenvalue weighted by Crippen LogP contribution is 2.43. The van der Waals surface area contributed by atoms with E-state index in [2.05, 4.69) is 34.6 Å². The summed E-state index contributed by atoms with van der Waals surface area (Å²) in [6, 6.07) is 11.1. The predicted molar refractivity (Wildman–Crippen MR) is 160 cm³/mol. The lowest BCUT2D eigenvalue weighted by atomic mass is 10.0. The molecule has 2 aliphatic heterocycles. The van der Waals surface area contributed by atoms with Crippen molar-refractivity contribution in [2.75, 3.05) is 56.7 Å². The van der Waals surface area contributed by atoms with Gasteiger partial charge in [-0.1, -0.05) is 38.0 Å². The minimum atomic E-state index is -4.37. The zero-order valence-electron chi connectivity index (χ0n) is 22.7. The van der Waals surface area contributed by atoms with E-state index in [1.807, 2.05) is 24.1 Å². The summed E-state index contributed by atoms with van der Waals surface area (Å²) in [6.07, 6.45) is -0.788. The van der Waals surface area contributed by atoms with Crippen LogP contribution in [0.2, 0.25) is 0 Å². The van der Waals surface area contributed by atoms with Crippen LogP contribution in [-0.2, 0) is 6.42 Å². The number of alkyl halides is 4. The van der Waals surface area contributed by atoms with Crippen LogP contribution in [0.4, 0.5) is 28.9 Å². The molecule has 2 aliphatic rings. The lowest BCUT2D eigenvalue weighted by Crippen LogP contribution is -2.46. The molecule has 2 N–H and O–H groups in total. The number of nitrogens with one attached hydrogen (secondary N) is 2. The lowest BCUT2D eigenvalue weighted by molar-refractivity contribution is -0.126. The van der Waals surface area contributed by atoms with Crippen LogP contribution in [0.15, 0.2) is 36.4 Å². The van der Waals surface area contributed by atoms with Crippen molar-refractivity contribution < 1.29 is 22.3 Å². The quantitative estimate of drug-likeness (QED) is 0.179. The van der Waals surface area contributed by atoms with Crippen molar-refractivity contribution in [3.05, 3.63) is 46.8 Å². The average molecular weight is 592 g/mol. The molecule has 0 saturated carbocycles. The molecule has 2 atom stereocenters. The van der Waals surface area contributed by atoms with E-state index in [1.165, 1.54) is 41.8 Å². The molecule has 5 rings (SSSR count). The van der Waals surface area contributed by atoms with Crippen LogP contribution in [0.25, 0.3) is 10.1 Å². The van der Waals surface area contributed by atoms with E-state index >= 15 is 0 Å². The third kappa shape index (κ3) is 6.84. The topological polar surface area (TPSA) is 36.5 Å². The second-order valence-corrected chi connectivity index (χ2v) is 13.9. The Morgan fingerprint density at radius 2 is 1.95 bits per heavy atom. The Kier molecular flexibility index (Phi) is 9.09. The van der Waals surface area contributed by atoms with Crippen LogP contribution in [-0.4, -0.2) is 69.4 Å². The number of benzene rings is 2. The van der Waals surface area contributed by atoms with E-state index in [0.717, 1.165) is 18.0 Å². The molecule has 2 saturated heterocycles. The number of rotatable bonds is 7. The molecule has 0 unspecified atom stereocenters. The van der Waals surface area contributed by atoms with Crippen LogP contribution in [0.3, 0.4) is 0 Å². The lowest BCUT2D eigenvalue weighted by Gasteiger charge is -2.33. The molecule has 0 radical (unpaired) electrons. The average Bonchev–Trinajstić information content (AvgIpc) is 3.57. The monoisotopic (exact) mass is 591 g/mol. The number of methoxy groups -OCH3 is 1. The summed E-state index contributed by atoms with van der Waals surface area (Å²) < 4.78 is 61.7. The van der Waals surface area contributed by atoms with Crippen molar-refractivity contribution >= 4 is 46.0 Å². The van der Waals surface area contributed by atoms with Gasteiger partial charge in [-0.15, -0.1) is 11.3 Å². The number of ether oxygens (including phenoxy) is 1. The molecule has 2 fully saturated rings. The first-order valence-corrected chi connectivity index (χ1v) is 16.1. The maximum absolute atomic E-state index is 14.7. The number of nitrogens with zero attached hydrogens (tertiary/aromatic N) is 1. The molecular formula is C30H34F4N3OPS. The summed E-state index contributed by atoms with van der Waals surface area (Å²) in [5.74, 6) is 6.76. The van der Waals surface area contributed by atoms with Crippen molar-refractivity contribution in [1.82, 2.24) is 4.90 Å². The van der Waals surface area contributed by atoms with Crippen LogP contribution in [0, 0.1) is 11.8 Å². The Bertz CT molecular complexity index is 1390. The number of likely N-dealkylation sites (tertiary alicyclic amines) is 1. The minimum Gasteiger partial charge on any atom is -0.495 e. The molecule has 10 heteroatoms. The molecule has 3 heterocycles. The first kappa shape index (κ1) is 29.0. The SMILES string of the molecule is COc1cc(P2CCCC2)ccc1NCC#Cc1sc2c(N[C@@H]3CCN(C)C[C@@H]3F)cccc2c1CC(F)(F)F. The number of hydrogen-bond donors (Lipinski definition) is 2. The fraction of sp³-hybridized carbons (Fsp3) is 0.467. The molecule has 0 aliphatic carbocycles. The Hall–Kier alpha value is -2.53. The van der Waals surface area contributed by atoms with Gasteiger partial charge in [0.1, 0.15) is 11.9 Å². The van der Waals surface area contributed by atoms with Gasteiger partial charge in [0, 0.05) is 13.1 Å². The highest BCUT2D eigenvalue weighted by Gasteiger charge is 2.32. The van der Waals surface area contributed by atoms with Crippen molar-refractivity contribution in [3.8, 4) is 17.6 Å². The first-order valence-electron chi connectivity index (χ1n) is 13.6. The maximum atomic E-state index is 14.7. The fourth-order valence-corrected chi connectivity index (χ4v) is 9.15.